The van der Waals surface area contributed by atoms with Crippen LogP contribution in [0.3, 0.4) is 0 Å². The number of nitrogens with two attached hydrogens (primary N) is 1. The first-order valence-electron chi connectivity index (χ1n) is 6.54. The molecule has 18 heavy (non-hydrogen) atoms. The first-order valence-corrected chi connectivity index (χ1v) is 6.54. The Balaban J connectivity index is 2.22. The van der Waals surface area contributed by atoms with Crippen molar-refractivity contribution in [2.45, 2.75) is 38.8 Å². The summed E-state index contributed by atoms with van der Waals surface area (Å²) < 4.78 is 1.91. The van der Waals surface area contributed by atoms with E-state index in [4.69, 9.17) is 5.73 Å². The second-order valence-corrected chi connectivity index (χ2v) is 4.83. The van der Waals surface area contributed by atoms with Gasteiger partial charge < -0.3 is 20.3 Å². The van der Waals surface area contributed by atoms with Gasteiger partial charge in [0.2, 0.25) is 0 Å². The van der Waals surface area contributed by atoms with Crippen LogP contribution in [0.1, 0.15) is 36.7 Å². The number of hydrogen-bond acceptors (Lipinski definition) is 3. The van der Waals surface area contributed by atoms with Crippen molar-refractivity contribution in [2.75, 3.05) is 18.9 Å². The second kappa shape index (κ2) is 5.44. The maximum atomic E-state index is 12.5. The number of aliphatic hydroxyl groups excluding tert-OH is 1. The van der Waals surface area contributed by atoms with Crippen molar-refractivity contribution in [1.29, 1.82) is 0 Å². The minimum absolute atomic E-state index is 0.0169. The first kappa shape index (κ1) is 13.0. The van der Waals surface area contributed by atoms with Gasteiger partial charge in [-0.25, -0.2) is 0 Å². The van der Waals surface area contributed by atoms with Gasteiger partial charge >= 0.3 is 0 Å². The number of rotatable bonds is 4. The molecule has 1 atom stereocenters. The quantitative estimate of drug-likeness (QED) is 0.841. The molecule has 1 fully saturated rings. The number of anilines is 1. The molecule has 1 aromatic heterocycles. The molecule has 1 aromatic rings. The number of nitrogens with zero attached hydrogens (tertiary/aromatic N) is 2. The predicted octanol–water partition coefficient (Wildman–Crippen LogP) is 1.08. The Kier molecular flexibility index (Phi) is 3.91. The Bertz CT molecular complexity index is 428. The van der Waals surface area contributed by atoms with E-state index in [0.717, 1.165) is 32.4 Å². The van der Waals surface area contributed by atoms with Crippen molar-refractivity contribution in [3.8, 4) is 0 Å². The number of aliphatic hydroxyl groups is 1. The van der Waals surface area contributed by atoms with Crippen LogP contribution in [0, 0.1) is 0 Å². The number of aromatic nitrogens is 1. The lowest BCUT2D eigenvalue weighted by atomic mass is 10.2. The average molecular weight is 251 g/mol. The molecule has 1 aliphatic heterocycles. The van der Waals surface area contributed by atoms with E-state index in [1.807, 2.05) is 4.57 Å². The van der Waals surface area contributed by atoms with Crippen molar-refractivity contribution in [1.82, 2.24) is 9.47 Å². The number of likely N-dealkylation sites (tertiary alicyclic amines) is 1. The molecule has 0 saturated carbocycles. The van der Waals surface area contributed by atoms with Crippen LogP contribution in [-0.2, 0) is 6.54 Å². The smallest absolute Gasteiger partial charge is 0.270 e. The molecule has 1 aliphatic rings. The van der Waals surface area contributed by atoms with Gasteiger partial charge in [-0.15, -0.1) is 0 Å². The Morgan fingerprint density at radius 1 is 1.61 bits per heavy atom. The van der Waals surface area contributed by atoms with Gasteiger partial charge in [-0.1, -0.05) is 6.92 Å². The number of amides is 1. The van der Waals surface area contributed by atoms with Crippen LogP contribution in [-0.4, -0.2) is 39.7 Å². The summed E-state index contributed by atoms with van der Waals surface area (Å²) in [5, 5.41) is 9.28. The van der Waals surface area contributed by atoms with Crippen LogP contribution in [0.4, 0.5) is 5.69 Å². The summed E-state index contributed by atoms with van der Waals surface area (Å²) in [4.78, 5) is 14.2. The van der Waals surface area contributed by atoms with Gasteiger partial charge in [-0.05, 0) is 25.3 Å². The van der Waals surface area contributed by atoms with E-state index < -0.39 is 0 Å². The standard InChI is InChI=1S/C13H21N3O2/c1-2-5-15-8-10(14)7-12(15)13(18)16-6-3-4-11(16)9-17/h7-8,11,17H,2-6,9,14H2,1H3/t11-/m0/s1. The Labute approximate surface area is 107 Å². The van der Waals surface area contributed by atoms with Crippen LogP contribution in [0.15, 0.2) is 12.3 Å². The molecule has 0 bridgehead atoms. The zero-order valence-corrected chi connectivity index (χ0v) is 10.8. The van der Waals surface area contributed by atoms with Gasteiger partial charge in [-0.3, -0.25) is 4.79 Å². The summed E-state index contributed by atoms with van der Waals surface area (Å²) >= 11 is 0. The predicted molar refractivity (Wildman–Crippen MR) is 70.3 cm³/mol. The summed E-state index contributed by atoms with van der Waals surface area (Å²) in [6.45, 7) is 3.61. The molecule has 5 nitrogen and oxygen atoms in total. The maximum Gasteiger partial charge on any atom is 0.270 e. The van der Waals surface area contributed by atoms with Crippen molar-refractivity contribution in [3.05, 3.63) is 18.0 Å². The topological polar surface area (TPSA) is 71.5 Å². The van der Waals surface area contributed by atoms with Gasteiger partial charge in [0.25, 0.3) is 5.91 Å². The largest absolute Gasteiger partial charge is 0.397 e. The molecule has 2 heterocycles. The van der Waals surface area contributed by atoms with Crippen molar-refractivity contribution < 1.29 is 9.90 Å². The molecule has 1 saturated heterocycles. The van der Waals surface area contributed by atoms with Crippen molar-refractivity contribution >= 4 is 11.6 Å². The number of nitrogen functional groups attached to an aromatic ring is 1. The highest BCUT2D eigenvalue weighted by Gasteiger charge is 2.30. The summed E-state index contributed by atoms with van der Waals surface area (Å²) in [5.41, 5.74) is 7.02. The van der Waals surface area contributed by atoms with E-state index >= 15 is 0 Å². The van der Waals surface area contributed by atoms with E-state index in [0.29, 0.717) is 11.4 Å². The van der Waals surface area contributed by atoms with Gasteiger partial charge in [0.05, 0.1) is 18.3 Å². The third-order valence-electron chi connectivity index (χ3n) is 3.45. The molecule has 1 amide bonds. The fourth-order valence-corrected chi connectivity index (χ4v) is 2.58. The third-order valence-corrected chi connectivity index (χ3v) is 3.45. The summed E-state index contributed by atoms with van der Waals surface area (Å²) in [7, 11) is 0. The third kappa shape index (κ3) is 2.36. The van der Waals surface area contributed by atoms with Crippen LogP contribution < -0.4 is 5.73 Å². The average Bonchev–Trinajstić information content (AvgIpc) is 2.95. The number of carbonyl (C=O) groups excluding carboxylic acids is 1. The molecule has 0 aliphatic carbocycles. The van der Waals surface area contributed by atoms with E-state index in [1.165, 1.54) is 0 Å². The minimum Gasteiger partial charge on any atom is -0.397 e. The van der Waals surface area contributed by atoms with Crippen molar-refractivity contribution in [2.24, 2.45) is 0 Å². The summed E-state index contributed by atoms with van der Waals surface area (Å²) in [5.74, 6) is -0.0169. The van der Waals surface area contributed by atoms with Crippen LogP contribution in [0.5, 0.6) is 0 Å². The molecule has 0 unspecified atom stereocenters. The molecular weight excluding hydrogens is 230 g/mol. The molecule has 5 heteroatoms. The monoisotopic (exact) mass is 251 g/mol. The SMILES string of the molecule is CCCn1cc(N)cc1C(=O)N1CCC[C@H]1CO. The number of aryl methyl sites for hydroxylation is 1. The van der Waals surface area contributed by atoms with E-state index in [1.54, 1.807) is 17.2 Å². The second-order valence-electron chi connectivity index (χ2n) is 4.83. The number of carbonyl (C=O) groups is 1. The lowest BCUT2D eigenvalue weighted by Crippen LogP contribution is -2.38. The van der Waals surface area contributed by atoms with Crippen LogP contribution >= 0.6 is 0 Å². The summed E-state index contributed by atoms with van der Waals surface area (Å²) in [6, 6.07) is 1.69. The minimum atomic E-state index is -0.0382. The van der Waals surface area contributed by atoms with Crippen molar-refractivity contribution in [3.63, 3.8) is 0 Å². The Morgan fingerprint density at radius 3 is 3.06 bits per heavy atom. The highest BCUT2D eigenvalue weighted by molar-refractivity contribution is 5.94. The number of hydrogen-bond donors (Lipinski definition) is 2. The molecule has 0 aromatic carbocycles. The maximum absolute atomic E-state index is 12.5. The van der Waals surface area contributed by atoms with Gasteiger partial charge in [0, 0.05) is 19.3 Å². The summed E-state index contributed by atoms with van der Waals surface area (Å²) in [6.07, 6.45) is 4.60. The fourth-order valence-electron chi connectivity index (χ4n) is 2.58. The van der Waals surface area contributed by atoms with Gasteiger partial charge in [0.15, 0.2) is 0 Å². The lowest BCUT2D eigenvalue weighted by molar-refractivity contribution is 0.0666. The van der Waals surface area contributed by atoms with Gasteiger partial charge in [-0.2, -0.15) is 0 Å². The fraction of sp³-hybridized carbons (Fsp3) is 0.615. The van der Waals surface area contributed by atoms with Crippen LogP contribution in [0.25, 0.3) is 0 Å². The zero-order valence-electron chi connectivity index (χ0n) is 10.8. The first-order chi connectivity index (χ1) is 8.67. The highest BCUT2D eigenvalue weighted by atomic mass is 16.3. The zero-order chi connectivity index (χ0) is 13.1. The molecule has 100 valence electrons. The Hall–Kier alpha value is -1.49. The molecule has 0 spiro atoms. The normalized spacial score (nSPS) is 19.4. The van der Waals surface area contributed by atoms with E-state index in [-0.39, 0.29) is 18.6 Å². The highest BCUT2D eigenvalue weighted by Crippen LogP contribution is 2.21. The molecule has 0 radical (unpaired) electrons. The molecular formula is C13H21N3O2. The van der Waals surface area contributed by atoms with Gasteiger partial charge in [0.1, 0.15) is 5.69 Å². The molecule has 3 N–H and O–H groups in total. The molecule has 2 rings (SSSR count). The Morgan fingerprint density at radius 2 is 2.39 bits per heavy atom. The van der Waals surface area contributed by atoms with E-state index in [9.17, 15) is 9.90 Å². The van der Waals surface area contributed by atoms with E-state index in [2.05, 4.69) is 6.92 Å². The van der Waals surface area contributed by atoms with Crippen LogP contribution in [0.2, 0.25) is 0 Å². The lowest BCUT2D eigenvalue weighted by Gasteiger charge is -2.23.